The normalized spacial score (nSPS) is 12.5. The Bertz CT molecular complexity index is 1390. The quantitative estimate of drug-likeness (QED) is 0.167. The molecule has 0 radical (unpaired) electrons. The van der Waals surface area contributed by atoms with Crippen molar-refractivity contribution < 1.29 is 13.2 Å². The predicted molar refractivity (Wildman–Crippen MR) is 142 cm³/mol. The van der Waals surface area contributed by atoms with Gasteiger partial charge in [-0.05, 0) is 56.1 Å². The van der Waals surface area contributed by atoms with Crippen molar-refractivity contribution >= 4 is 60.9 Å². The molecule has 0 aliphatic rings. The van der Waals surface area contributed by atoms with Crippen LogP contribution in [0.5, 0.6) is 0 Å². The third kappa shape index (κ3) is 5.04. The van der Waals surface area contributed by atoms with Gasteiger partial charge in [-0.15, -0.1) is 0 Å². The van der Waals surface area contributed by atoms with Crippen molar-refractivity contribution in [1.29, 1.82) is 0 Å². The molecule has 0 aliphatic carbocycles. The van der Waals surface area contributed by atoms with Gasteiger partial charge in [-0.25, -0.2) is 17.4 Å². The molecule has 0 bridgehead atoms. The summed E-state index contributed by atoms with van der Waals surface area (Å²) in [5.41, 5.74) is 1.31. The molecule has 0 spiro atoms. The molecule has 4 rings (SSSR count). The van der Waals surface area contributed by atoms with E-state index in [2.05, 4.69) is 56.5 Å². The maximum Gasteiger partial charge on any atom is 0.268 e. The van der Waals surface area contributed by atoms with E-state index in [0.717, 1.165) is 16.0 Å². The lowest BCUT2D eigenvalue weighted by atomic mass is 10.1. The third-order valence-electron chi connectivity index (χ3n) is 5.30. The molecule has 0 unspecified atom stereocenters. The fourth-order valence-electron chi connectivity index (χ4n) is 3.49. The van der Waals surface area contributed by atoms with Crippen molar-refractivity contribution in [2.75, 3.05) is 6.61 Å². The molecule has 0 aliphatic heterocycles. The molecule has 0 atom stereocenters. The predicted octanol–water partition coefficient (Wildman–Crippen LogP) is 6.58. The van der Waals surface area contributed by atoms with E-state index in [0.29, 0.717) is 34.8 Å². The van der Waals surface area contributed by atoms with Gasteiger partial charge in [-0.3, -0.25) is 4.57 Å². The highest BCUT2D eigenvalue weighted by Crippen LogP contribution is 2.36. The molecule has 33 heavy (non-hydrogen) atoms. The zero-order valence-electron chi connectivity index (χ0n) is 18.6. The summed E-state index contributed by atoms with van der Waals surface area (Å²) in [5, 5.41) is 0.797. The molecule has 0 saturated heterocycles. The van der Waals surface area contributed by atoms with Gasteiger partial charge in [0, 0.05) is 31.8 Å². The SMILES string of the molecule is C[Si](C)(C)CCOCn1c(-c2cn(S(=O)(=O)c3ccccc3)c3ccccc23)nc(Br)c1Br. The first kappa shape index (κ1) is 24.4. The Morgan fingerprint density at radius 1 is 1.00 bits per heavy atom. The zero-order chi connectivity index (χ0) is 23.8. The summed E-state index contributed by atoms with van der Waals surface area (Å²) < 4.78 is 37.5. The Labute approximate surface area is 211 Å². The number of nitrogens with zero attached hydrogens (tertiary/aromatic N) is 3. The average Bonchev–Trinajstić information content (AvgIpc) is 3.30. The van der Waals surface area contributed by atoms with Gasteiger partial charge >= 0.3 is 0 Å². The van der Waals surface area contributed by atoms with E-state index in [9.17, 15) is 8.42 Å². The standard InChI is InChI=1S/C23H25Br2N3O3SSi/c1-33(2,3)14-13-31-16-27-22(25)21(24)26-23(27)19-15-28(20-12-8-7-11-18(19)20)32(29,30)17-9-5-4-6-10-17/h4-12,15H,13-14,16H2,1-3H3. The second-order valence-corrected chi connectivity index (χ2v) is 17.9. The lowest BCUT2D eigenvalue weighted by Crippen LogP contribution is -2.22. The number of benzene rings is 2. The number of aromatic nitrogens is 3. The van der Waals surface area contributed by atoms with Crippen LogP contribution in [0, 0.1) is 0 Å². The van der Waals surface area contributed by atoms with E-state index in [-0.39, 0.29) is 4.90 Å². The van der Waals surface area contributed by atoms with E-state index >= 15 is 0 Å². The van der Waals surface area contributed by atoms with Crippen molar-refractivity contribution in [3.8, 4) is 11.4 Å². The van der Waals surface area contributed by atoms with Crippen LogP contribution in [0.1, 0.15) is 0 Å². The first-order valence-electron chi connectivity index (χ1n) is 10.5. The lowest BCUT2D eigenvalue weighted by Gasteiger charge is -2.16. The van der Waals surface area contributed by atoms with Crippen LogP contribution in [0.3, 0.4) is 0 Å². The summed E-state index contributed by atoms with van der Waals surface area (Å²) in [4.78, 5) is 4.91. The fraction of sp³-hybridized carbons (Fsp3) is 0.261. The van der Waals surface area contributed by atoms with Gasteiger partial charge in [-0.2, -0.15) is 0 Å². The van der Waals surface area contributed by atoms with E-state index in [1.54, 1.807) is 42.6 Å². The minimum absolute atomic E-state index is 0.234. The number of para-hydroxylation sites is 1. The Morgan fingerprint density at radius 2 is 1.67 bits per heavy atom. The number of halogens is 2. The Morgan fingerprint density at radius 3 is 2.36 bits per heavy atom. The van der Waals surface area contributed by atoms with Crippen LogP contribution < -0.4 is 0 Å². The third-order valence-corrected chi connectivity index (χ3v) is 10.6. The minimum atomic E-state index is -3.78. The average molecular weight is 611 g/mol. The van der Waals surface area contributed by atoms with Crippen molar-refractivity contribution in [3.63, 3.8) is 0 Å². The number of ether oxygens (including phenoxy) is 1. The summed E-state index contributed by atoms with van der Waals surface area (Å²) in [6.45, 7) is 7.92. The van der Waals surface area contributed by atoms with Crippen LogP contribution in [-0.4, -0.2) is 36.6 Å². The highest BCUT2D eigenvalue weighted by atomic mass is 79.9. The molecule has 2 aromatic carbocycles. The van der Waals surface area contributed by atoms with E-state index in [1.807, 2.05) is 22.8 Å². The van der Waals surface area contributed by atoms with Gasteiger partial charge in [0.1, 0.15) is 21.8 Å². The van der Waals surface area contributed by atoms with Crippen molar-refractivity contribution in [3.05, 3.63) is 70.0 Å². The van der Waals surface area contributed by atoms with Crippen molar-refractivity contribution in [2.45, 2.75) is 37.3 Å². The molecule has 6 nitrogen and oxygen atoms in total. The maximum absolute atomic E-state index is 13.5. The van der Waals surface area contributed by atoms with Gasteiger partial charge in [0.15, 0.2) is 0 Å². The monoisotopic (exact) mass is 609 g/mol. The molecule has 2 heterocycles. The summed E-state index contributed by atoms with van der Waals surface area (Å²) in [6.07, 6.45) is 1.65. The fourth-order valence-corrected chi connectivity index (χ4v) is 6.38. The molecule has 0 amide bonds. The second-order valence-electron chi connectivity index (χ2n) is 8.97. The highest BCUT2D eigenvalue weighted by Gasteiger charge is 2.25. The molecule has 4 aromatic rings. The minimum Gasteiger partial charge on any atom is -0.361 e. The molecule has 174 valence electrons. The van der Waals surface area contributed by atoms with Gasteiger partial charge in [0.25, 0.3) is 10.0 Å². The van der Waals surface area contributed by atoms with E-state index < -0.39 is 18.1 Å². The smallest absolute Gasteiger partial charge is 0.268 e. The molecular formula is C23H25Br2N3O3SSi. The number of hydrogen-bond acceptors (Lipinski definition) is 4. The van der Waals surface area contributed by atoms with Crippen LogP contribution in [-0.2, 0) is 21.5 Å². The summed E-state index contributed by atoms with van der Waals surface area (Å²) in [7, 11) is -4.99. The van der Waals surface area contributed by atoms with Gasteiger partial charge < -0.3 is 4.74 Å². The number of rotatable bonds is 8. The van der Waals surface area contributed by atoms with E-state index in [4.69, 9.17) is 4.74 Å². The molecular weight excluding hydrogens is 586 g/mol. The number of hydrogen-bond donors (Lipinski definition) is 0. The summed E-state index contributed by atoms with van der Waals surface area (Å²) >= 11 is 7.09. The topological polar surface area (TPSA) is 66.1 Å². The largest absolute Gasteiger partial charge is 0.361 e. The summed E-state index contributed by atoms with van der Waals surface area (Å²) in [6, 6.07) is 16.9. The summed E-state index contributed by atoms with van der Waals surface area (Å²) in [5.74, 6) is 0.625. The molecule has 0 N–H and O–H groups in total. The highest BCUT2D eigenvalue weighted by molar-refractivity contribution is 9.13. The van der Waals surface area contributed by atoms with Crippen molar-refractivity contribution in [2.24, 2.45) is 0 Å². The molecule has 0 saturated carbocycles. The first-order chi connectivity index (χ1) is 15.6. The number of imidazole rings is 1. The van der Waals surface area contributed by atoms with Gasteiger partial charge in [0.2, 0.25) is 0 Å². The zero-order valence-corrected chi connectivity index (χ0v) is 23.6. The molecule has 10 heteroatoms. The van der Waals surface area contributed by atoms with Crippen LogP contribution >= 0.6 is 31.9 Å². The van der Waals surface area contributed by atoms with Gasteiger partial charge in [-0.1, -0.05) is 56.0 Å². The Hall–Kier alpha value is -1.72. The second kappa shape index (κ2) is 9.50. The van der Waals surface area contributed by atoms with Crippen LogP contribution in [0.25, 0.3) is 22.3 Å². The van der Waals surface area contributed by atoms with Crippen molar-refractivity contribution in [1.82, 2.24) is 13.5 Å². The van der Waals surface area contributed by atoms with E-state index in [1.165, 1.54) is 3.97 Å². The molecule has 0 fully saturated rings. The number of fused-ring (bicyclic) bond motifs is 1. The van der Waals surface area contributed by atoms with Crippen LogP contribution in [0.2, 0.25) is 25.7 Å². The van der Waals surface area contributed by atoms with Crippen LogP contribution in [0.15, 0.2) is 74.9 Å². The maximum atomic E-state index is 13.5. The van der Waals surface area contributed by atoms with Crippen LogP contribution in [0.4, 0.5) is 0 Å². The Kier molecular flexibility index (Phi) is 7.02. The lowest BCUT2D eigenvalue weighted by molar-refractivity contribution is 0.0868. The van der Waals surface area contributed by atoms with Gasteiger partial charge in [0.05, 0.1) is 10.4 Å². The Balaban J connectivity index is 1.80. The molecule has 2 aromatic heterocycles. The first-order valence-corrected chi connectivity index (χ1v) is 17.2.